The third-order valence-electron chi connectivity index (χ3n) is 6.71. The van der Waals surface area contributed by atoms with Crippen LogP contribution < -0.4 is 19.3 Å². The Morgan fingerprint density at radius 2 is 1.60 bits per heavy atom. The highest BCUT2D eigenvalue weighted by Crippen LogP contribution is 2.32. The van der Waals surface area contributed by atoms with Crippen molar-refractivity contribution < 1.29 is 33.7 Å². The molecule has 9 nitrogen and oxygen atoms in total. The van der Waals surface area contributed by atoms with Gasteiger partial charge in [-0.25, -0.2) is 9.69 Å². The van der Waals surface area contributed by atoms with E-state index in [2.05, 4.69) is 6.07 Å². The summed E-state index contributed by atoms with van der Waals surface area (Å²) < 4.78 is 10.8. The van der Waals surface area contributed by atoms with Gasteiger partial charge in [-0.2, -0.15) is 0 Å². The monoisotopic (exact) mass is 416 g/mol. The van der Waals surface area contributed by atoms with Crippen LogP contribution in [-0.4, -0.2) is 73.3 Å². The zero-order valence-electron chi connectivity index (χ0n) is 17.0. The number of quaternary nitrogens is 2. The van der Waals surface area contributed by atoms with Gasteiger partial charge >= 0.3 is 17.8 Å². The van der Waals surface area contributed by atoms with Crippen LogP contribution in [0.5, 0.6) is 11.5 Å². The summed E-state index contributed by atoms with van der Waals surface area (Å²) in [5.41, 5.74) is 1.21. The van der Waals surface area contributed by atoms with Crippen molar-refractivity contribution in [3.8, 4) is 11.5 Å². The van der Waals surface area contributed by atoms with E-state index >= 15 is 0 Å². The van der Waals surface area contributed by atoms with Gasteiger partial charge in [-0.1, -0.05) is 12.8 Å². The lowest BCUT2D eigenvalue weighted by atomic mass is 10.1. The third-order valence-corrected chi connectivity index (χ3v) is 6.71. The molecular weight excluding hydrogens is 388 g/mol. The first-order valence-corrected chi connectivity index (χ1v) is 10.8. The first kappa shape index (κ1) is 19.3. The van der Waals surface area contributed by atoms with E-state index in [9.17, 15) is 14.4 Å². The molecule has 1 saturated carbocycles. The van der Waals surface area contributed by atoms with Crippen LogP contribution in [0.25, 0.3) is 0 Å². The van der Waals surface area contributed by atoms with Gasteiger partial charge in [0.2, 0.25) is 6.79 Å². The van der Waals surface area contributed by atoms with Gasteiger partial charge in [0, 0.05) is 11.6 Å². The lowest BCUT2D eigenvalue weighted by Gasteiger charge is -2.31. The number of rotatable bonds is 5. The minimum atomic E-state index is -0.658. The Morgan fingerprint density at radius 1 is 0.900 bits per heavy atom. The molecule has 0 aromatic heterocycles. The number of carbonyl (C=O) groups is 3. The number of carbonyl (C=O) groups excluding carboxylic acids is 3. The molecule has 2 saturated heterocycles. The molecule has 4 amide bonds. The summed E-state index contributed by atoms with van der Waals surface area (Å²) in [5, 5.41) is 0. The number of nitrogens with zero attached hydrogens (tertiary/aromatic N) is 2. The Hall–Kier alpha value is -2.65. The van der Waals surface area contributed by atoms with Crippen molar-refractivity contribution >= 4 is 17.8 Å². The lowest BCUT2D eigenvalue weighted by molar-refractivity contribution is -1.02. The molecule has 0 atom stereocenters. The van der Waals surface area contributed by atoms with Gasteiger partial charge in [0.1, 0.15) is 32.7 Å². The molecule has 3 fully saturated rings. The minimum Gasteiger partial charge on any atom is -0.454 e. The topological polar surface area (TPSA) is 85.0 Å². The molecule has 0 spiro atoms. The van der Waals surface area contributed by atoms with E-state index in [0.29, 0.717) is 0 Å². The molecule has 0 bridgehead atoms. The first-order valence-electron chi connectivity index (χ1n) is 10.8. The molecule has 160 valence electrons. The fourth-order valence-corrected chi connectivity index (χ4v) is 5.00. The zero-order chi connectivity index (χ0) is 20.7. The second kappa shape index (κ2) is 7.88. The Kier molecular flexibility index (Phi) is 5.08. The molecule has 9 heteroatoms. The van der Waals surface area contributed by atoms with E-state index in [4.69, 9.17) is 9.47 Å². The van der Waals surface area contributed by atoms with Crippen molar-refractivity contribution in [3.63, 3.8) is 0 Å². The van der Waals surface area contributed by atoms with Crippen molar-refractivity contribution in [2.45, 2.75) is 38.3 Å². The molecule has 4 aliphatic rings. The third kappa shape index (κ3) is 3.52. The van der Waals surface area contributed by atoms with Crippen LogP contribution in [-0.2, 0) is 16.1 Å². The van der Waals surface area contributed by atoms with Gasteiger partial charge < -0.3 is 19.3 Å². The molecule has 1 aromatic carbocycles. The number of urea groups is 1. The number of ether oxygens (including phenoxy) is 2. The fraction of sp³-hybridized carbons (Fsp3) is 0.571. The quantitative estimate of drug-likeness (QED) is 0.446. The van der Waals surface area contributed by atoms with Crippen LogP contribution >= 0.6 is 0 Å². The van der Waals surface area contributed by atoms with Gasteiger partial charge in [0.25, 0.3) is 0 Å². The number of hydrogen-bond donors (Lipinski definition) is 2. The number of fused-ring (bicyclic) bond motifs is 1. The predicted molar refractivity (Wildman–Crippen MR) is 104 cm³/mol. The molecule has 1 aromatic rings. The fourth-order valence-electron chi connectivity index (χ4n) is 5.00. The van der Waals surface area contributed by atoms with Gasteiger partial charge in [-0.15, -0.1) is 0 Å². The largest absolute Gasteiger partial charge is 0.454 e. The first-order chi connectivity index (χ1) is 14.6. The second-order valence-corrected chi connectivity index (χ2v) is 8.65. The maximum Gasteiger partial charge on any atom is 0.338 e. The van der Waals surface area contributed by atoms with E-state index in [1.165, 1.54) is 25.2 Å². The van der Waals surface area contributed by atoms with Gasteiger partial charge in [-0.3, -0.25) is 14.5 Å². The molecular formula is C21H28N4O5+2. The SMILES string of the molecule is O=C1C(=O)N(C2CCCC2)C(=O)N1C[NH+]1CC[NH+](Cc2ccc3c(c2)OCO3)CC1. The highest BCUT2D eigenvalue weighted by atomic mass is 16.7. The highest BCUT2D eigenvalue weighted by molar-refractivity contribution is 6.44. The van der Waals surface area contributed by atoms with Crippen molar-refractivity contribution in [3.05, 3.63) is 23.8 Å². The Labute approximate surface area is 175 Å². The van der Waals surface area contributed by atoms with Gasteiger partial charge in [0.05, 0.1) is 0 Å². The van der Waals surface area contributed by atoms with Crippen LogP contribution in [0.4, 0.5) is 4.79 Å². The van der Waals surface area contributed by atoms with Gasteiger partial charge in [-0.05, 0) is 31.0 Å². The summed E-state index contributed by atoms with van der Waals surface area (Å²) in [4.78, 5) is 42.6. The van der Waals surface area contributed by atoms with Crippen LogP contribution in [0.1, 0.15) is 31.2 Å². The molecule has 0 unspecified atom stereocenters. The number of imide groups is 2. The van der Waals surface area contributed by atoms with E-state index in [0.717, 1.165) is 69.9 Å². The molecule has 2 N–H and O–H groups in total. The number of benzene rings is 1. The van der Waals surface area contributed by atoms with Crippen molar-refractivity contribution in [2.75, 3.05) is 39.6 Å². The lowest BCUT2D eigenvalue weighted by Crippen LogP contribution is -3.28. The van der Waals surface area contributed by atoms with E-state index < -0.39 is 17.8 Å². The van der Waals surface area contributed by atoms with Crippen LogP contribution in [0, 0.1) is 0 Å². The molecule has 3 heterocycles. The van der Waals surface area contributed by atoms with Crippen LogP contribution in [0.3, 0.4) is 0 Å². The van der Waals surface area contributed by atoms with E-state index in [1.54, 1.807) is 0 Å². The van der Waals surface area contributed by atoms with Crippen LogP contribution in [0.15, 0.2) is 18.2 Å². The van der Waals surface area contributed by atoms with E-state index in [1.807, 2.05) is 12.1 Å². The summed E-state index contributed by atoms with van der Waals surface area (Å²) in [6.07, 6.45) is 3.64. The second-order valence-electron chi connectivity index (χ2n) is 8.65. The average Bonchev–Trinajstić information content (AvgIpc) is 3.47. The van der Waals surface area contributed by atoms with Gasteiger partial charge in [0.15, 0.2) is 18.2 Å². The maximum absolute atomic E-state index is 12.8. The van der Waals surface area contributed by atoms with E-state index in [-0.39, 0.29) is 19.5 Å². The Morgan fingerprint density at radius 3 is 2.37 bits per heavy atom. The predicted octanol–water partition coefficient (Wildman–Crippen LogP) is -1.61. The van der Waals surface area contributed by atoms with Crippen LogP contribution in [0.2, 0.25) is 0 Å². The molecule has 0 radical (unpaired) electrons. The zero-order valence-corrected chi connectivity index (χ0v) is 17.0. The summed E-state index contributed by atoms with van der Waals surface area (Å²) in [6.45, 7) is 5.06. The molecule has 3 aliphatic heterocycles. The normalized spacial score (nSPS) is 26.9. The molecule has 1 aliphatic carbocycles. The smallest absolute Gasteiger partial charge is 0.338 e. The summed E-state index contributed by atoms with van der Waals surface area (Å²) in [5.74, 6) is 0.302. The van der Waals surface area contributed by atoms with Crippen molar-refractivity contribution in [1.29, 1.82) is 0 Å². The number of hydrogen-bond acceptors (Lipinski definition) is 5. The molecule has 5 rings (SSSR count). The number of piperazine rings is 1. The molecule has 30 heavy (non-hydrogen) atoms. The number of amides is 4. The number of nitrogens with one attached hydrogen (secondary N) is 2. The summed E-state index contributed by atoms with van der Waals surface area (Å²) in [7, 11) is 0. The minimum absolute atomic E-state index is 0.100. The summed E-state index contributed by atoms with van der Waals surface area (Å²) >= 11 is 0. The Bertz CT molecular complexity index is 861. The highest BCUT2D eigenvalue weighted by Gasteiger charge is 2.49. The summed E-state index contributed by atoms with van der Waals surface area (Å²) in [6, 6.07) is 5.55. The average molecular weight is 416 g/mol. The maximum atomic E-state index is 12.8. The van der Waals surface area contributed by atoms with Crippen molar-refractivity contribution in [1.82, 2.24) is 9.80 Å². The Balaban J connectivity index is 1.15. The standard InChI is InChI=1S/C21H26N4O5/c26-19-20(27)25(16-3-1-2-4-16)21(28)24(19)13-23-9-7-22(8-10-23)12-15-5-6-17-18(11-15)30-14-29-17/h5-6,11,16H,1-4,7-10,12-14H2/p+2. The van der Waals surface area contributed by atoms with Crippen molar-refractivity contribution in [2.24, 2.45) is 0 Å².